The van der Waals surface area contributed by atoms with Crippen LogP contribution in [0.15, 0.2) is 0 Å². The lowest BCUT2D eigenvalue weighted by atomic mass is 9.99. The standard InChI is InChI=1S/C10Cl3F9/c11-7(12)1-2(4(15)6(17)5(16)3(1)14)8(18,19)9(7,13)10(20,21)22. The number of benzene rings is 1. The van der Waals surface area contributed by atoms with Gasteiger partial charge in [-0.15, -0.1) is 0 Å². The van der Waals surface area contributed by atoms with E-state index in [1.54, 1.807) is 0 Å². The second kappa shape index (κ2) is 4.51. The summed E-state index contributed by atoms with van der Waals surface area (Å²) in [5.41, 5.74) is -4.59. The molecule has 1 aromatic carbocycles. The van der Waals surface area contributed by atoms with E-state index in [1.807, 2.05) is 0 Å². The minimum atomic E-state index is -6.09. The fourth-order valence-corrected chi connectivity index (χ4v) is 3.11. The van der Waals surface area contributed by atoms with Gasteiger partial charge in [0.25, 0.3) is 0 Å². The lowest BCUT2D eigenvalue weighted by molar-refractivity contribution is -0.226. The molecule has 12 heteroatoms. The molecule has 0 heterocycles. The fourth-order valence-electron chi connectivity index (χ4n) is 2.12. The topological polar surface area (TPSA) is 0 Å². The number of hydrogen-bond donors (Lipinski definition) is 0. The SMILES string of the molecule is Fc1c(F)c(F)c2c(c1F)C(F)(F)C(Cl)(C(F)(F)F)C2(Cl)Cl. The second-order valence-corrected chi connectivity index (χ2v) is 6.21. The lowest BCUT2D eigenvalue weighted by Crippen LogP contribution is -2.57. The highest BCUT2D eigenvalue weighted by Gasteiger charge is 2.84. The van der Waals surface area contributed by atoms with E-state index in [-0.39, 0.29) is 0 Å². The van der Waals surface area contributed by atoms with Gasteiger partial charge in [-0.2, -0.15) is 22.0 Å². The molecule has 1 aromatic rings. The van der Waals surface area contributed by atoms with Gasteiger partial charge >= 0.3 is 12.1 Å². The summed E-state index contributed by atoms with van der Waals surface area (Å²) in [6, 6.07) is 0. The monoisotopic (exact) mass is 396 g/mol. The predicted molar refractivity (Wildman–Crippen MR) is 58.2 cm³/mol. The Balaban J connectivity index is 3.05. The van der Waals surface area contributed by atoms with Crippen LogP contribution in [-0.2, 0) is 10.3 Å². The van der Waals surface area contributed by atoms with Crippen LogP contribution < -0.4 is 0 Å². The average Bonchev–Trinajstić information content (AvgIpc) is 2.48. The van der Waals surface area contributed by atoms with E-state index < -0.39 is 55.7 Å². The van der Waals surface area contributed by atoms with Gasteiger partial charge < -0.3 is 0 Å². The average molecular weight is 397 g/mol. The molecule has 0 aromatic heterocycles. The highest BCUT2D eigenvalue weighted by molar-refractivity contribution is 6.54. The molecule has 0 N–H and O–H groups in total. The third kappa shape index (κ3) is 1.70. The van der Waals surface area contributed by atoms with Crippen LogP contribution in [0.4, 0.5) is 39.5 Å². The summed E-state index contributed by atoms with van der Waals surface area (Å²) in [6.45, 7) is 0. The van der Waals surface area contributed by atoms with Crippen LogP contribution in [-0.4, -0.2) is 11.1 Å². The van der Waals surface area contributed by atoms with Gasteiger partial charge in [-0.1, -0.05) is 34.8 Å². The molecule has 0 amide bonds. The molecule has 22 heavy (non-hydrogen) atoms. The summed E-state index contributed by atoms with van der Waals surface area (Å²) in [5, 5.41) is 0. The zero-order chi connectivity index (χ0) is 17.5. The van der Waals surface area contributed by atoms with Gasteiger partial charge in [-0.05, 0) is 0 Å². The maximum Gasteiger partial charge on any atom is 0.417 e. The van der Waals surface area contributed by atoms with Crippen molar-refractivity contribution in [1.82, 2.24) is 0 Å². The first kappa shape index (κ1) is 17.8. The third-order valence-electron chi connectivity index (χ3n) is 3.15. The van der Waals surface area contributed by atoms with Crippen LogP contribution >= 0.6 is 34.8 Å². The van der Waals surface area contributed by atoms with Gasteiger partial charge in [0.1, 0.15) is 0 Å². The Bertz CT molecular complexity index is 618. The van der Waals surface area contributed by atoms with Gasteiger partial charge in [0.2, 0.25) is 4.87 Å². The van der Waals surface area contributed by atoms with Gasteiger partial charge in [0, 0.05) is 5.56 Å². The summed E-state index contributed by atoms with van der Waals surface area (Å²) in [6.07, 6.45) is -6.09. The van der Waals surface area contributed by atoms with Crippen molar-refractivity contribution in [3.05, 3.63) is 34.4 Å². The molecule has 0 fully saturated rings. The third-order valence-corrected chi connectivity index (χ3v) is 5.02. The van der Waals surface area contributed by atoms with Crippen LogP contribution in [0.1, 0.15) is 11.1 Å². The number of hydrogen-bond acceptors (Lipinski definition) is 0. The Morgan fingerprint density at radius 1 is 0.682 bits per heavy atom. The number of halogens is 12. The predicted octanol–water partition coefficient (Wildman–Crippen LogP) is 5.52. The summed E-state index contributed by atoms with van der Waals surface area (Å²) in [5.74, 6) is -16.2. The zero-order valence-corrected chi connectivity index (χ0v) is 11.8. The van der Waals surface area contributed by atoms with E-state index in [9.17, 15) is 39.5 Å². The zero-order valence-electron chi connectivity index (χ0n) is 9.54. The van der Waals surface area contributed by atoms with Gasteiger partial charge in [0.05, 0.1) is 5.56 Å². The van der Waals surface area contributed by atoms with Crippen LogP contribution in [0, 0.1) is 23.3 Å². The Labute approximate surface area is 130 Å². The van der Waals surface area contributed by atoms with Crippen LogP contribution in [0.25, 0.3) is 0 Å². The largest absolute Gasteiger partial charge is 0.417 e. The molecule has 0 nitrogen and oxygen atoms in total. The fraction of sp³-hybridized carbons (Fsp3) is 0.400. The number of alkyl halides is 8. The molecule has 0 spiro atoms. The van der Waals surface area contributed by atoms with Gasteiger partial charge in [0.15, 0.2) is 27.6 Å². The first-order valence-corrected chi connectivity index (χ1v) is 6.15. The Morgan fingerprint density at radius 3 is 1.41 bits per heavy atom. The molecule has 1 unspecified atom stereocenters. The van der Waals surface area contributed by atoms with E-state index >= 15 is 0 Å². The molecule has 1 aliphatic carbocycles. The van der Waals surface area contributed by atoms with Crippen LogP contribution in [0.3, 0.4) is 0 Å². The highest BCUT2D eigenvalue weighted by Crippen LogP contribution is 2.71. The molecule has 0 saturated heterocycles. The molecular weight excluding hydrogens is 397 g/mol. The van der Waals surface area contributed by atoms with Gasteiger partial charge in [-0.25, -0.2) is 17.6 Å². The van der Waals surface area contributed by atoms with E-state index in [2.05, 4.69) is 0 Å². The molecule has 0 saturated carbocycles. The normalized spacial score (nSPS) is 26.2. The van der Waals surface area contributed by atoms with Crippen molar-refractivity contribution in [2.45, 2.75) is 21.3 Å². The minimum Gasteiger partial charge on any atom is -0.203 e. The highest BCUT2D eigenvalue weighted by atomic mass is 35.5. The molecule has 1 atom stereocenters. The summed E-state index contributed by atoms with van der Waals surface area (Å²) >= 11 is 15.1. The Morgan fingerprint density at radius 2 is 1.05 bits per heavy atom. The molecular formula is C10Cl3F9. The molecule has 1 aliphatic rings. The van der Waals surface area contributed by atoms with Crippen LogP contribution in [0.2, 0.25) is 0 Å². The van der Waals surface area contributed by atoms with Crippen molar-refractivity contribution in [3.8, 4) is 0 Å². The summed E-state index contributed by atoms with van der Waals surface area (Å²) in [4.78, 5) is -4.94. The van der Waals surface area contributed by atoms with Gasteiger partial charge in [-0.3, -0.25) is 0 Å². The van der Waals surface area contributed by atoms with Crippen molar-refractivity contribution in [3.63, 3.8) is 0 Å². The van der Waals surface area contributed by atoms with Crippen molar-refractivity contribution in [2.75, 3.05) is 0 Å². The lowest BCUT2D eigenvalue weighted by Gasteiger charge is -2.37. The minimum absolute atomic E-state index is 2.11. The van der Waals surface area contributed by atoms with Crippen LogP contribution in [0.5, 0.6) is 0 Å². The molecule has 124 valence electrons. The maximum absolute atomic E-state index is 14.0. The molecule has 0 radical (unpaired) electrons. The number of fused-ring (bicyclic) bond motifs is 1. The van der Waals surface area contributed by atoms with E-state index in [0.29, 0.717) is 0 Å². The Kier molecular flexibility index (Phi) is 3.65. The summed E-state index contributed by atoms with van der Waals surface area (Å²) in [7, 11) is 0. The molecule has 0 aliphatic heterocycles. The molecule has 0 bridgehead atoms. The Hall–Kier alpha value is -0.540. The smallest absolute Gasteiger partial charge is 0.203 e. The van der Waals surface area contributed by atoms with Crippen molar-refractivity contribution in [1.29, 1.82) is 0 Å². The van der Waals surface area contributed by atoms with E-state index in [4.69, 9.17) is 34.8 Å². The van der Waals surface area contributed by atoms with E-state index in [1.165, 1.54) is 0 Å². The molecule has 2 rings (SSSR count). The first-order valence-electron chi connectivity index (χ1n) is 5.02. The van der Waals surface area contributed by atoms with Crippen molar-refractivity contribution >= 4 is 34.8 Å². The van der Waals surface area contributed by atoms with E-state index in [0.717, 1.165) is 0 Å². The summed E-state index contributed by atoms with van der Waals surface area (Å²) < 4.78 is 116. The number of rotatable bonds is 0. The van der Waals surface area contributed by atoms with Crippen molar-refractivity contribution < 1.29 is 39.5 Å². The van der Waals surface area contributed by atoms with Crippen molar-refractivity contribution in [2.24, 2.45) is 0 Å². The maximum atomic E-state index is 14.0. The first-order chi connectivity index (χ1) is 9.64. The second-order valence-electron chi connectivity index (χ2n) is 4.31. The quantitative estimate of drug-likeness (QED) is 0.234.